The summed E-state index contributed by atoms with van der Waals surface area (Å²) in [5.74, 6) is 2.19. The van der Waals surface area contributed by atoms with E-state index in [1.54, 1.807) is 0 Å². The Hall–Kier alpha value is -3.33. The van der Waals surface area contributed by atoms with Crippen LogP contribution in [0.5, 0.6) is 0 Å². The topological polar surface area (TPSA) is 122 Å². The molecule has 3 saturated heterocycles. The number of piperazine rings is 2. The highest BCUT2D eigenvalue weighted by Crippen LogP contribution is 2.64. The molecule has 4 bridgehead atoms. The van der Waals surface area contributed by atoms with Gasteiger partial charge in [0.15, 0.2) is 0 Å². The van der Waals surface area contributed by atoms with Gasteiger partial charge >= 0.3 is 0 Å². The van der Waals surface area contributed by atoms with E-state index >= 15 is 0 Å². The SMILES string of the molecule is CC(C)(N)CNC(=O)CC1CCC2(CC1)OOC1(O2)C2CC3CC(C2)CC1C3.Clc1ccc2c(N3CCN(CCCN4CCN(c5ccnc6cc(Cl)ccc56)CC4)CC3)ccnc2c1. The molecule has 4 aromatic rings. The number of aromatic nitrogens is 2. The fourth-order valence-corrected chi connectivity index (χ4v) is 12.8. The number of carbonyl (C=O) groups excluding carboxylic acids is 1. The summed E-state index contributed by atoms with van der Waals surface area (Å²) in [4.78, 5) is 43.5. The summed E-state index contributed by atoms with van der Waals surface area (Å²) in [6, 6.07) is 16.3. The number of amides is 1. The molecule has 1 amide bonds. The second-order valence-electron chi connectivity index (χ2n) is 21.1. The maximum absolute atomic E-state index is 12.2. The van der Waals surface area contributed by atoms with Gasteiger partial charge in [0, 0.05) is 140 Å². The number of nitrogens with two attached hydrogens (primary N) is 1. The van der Waals surface area contributed by atoms with Crippen LogP contribution in [0.4, 0.5) is 11.4 Å². The molecule has 0 atom stereocenters. The van der Waals surface area contributed by atoms with Crippen molar-refractivity contribution in [3.8, 4) is 0 Å². The van der Waals surface area contributed by atoms with E-state index in [9.17, 15) is 4.79 Å². The third kappa shape index (κ3) is 10.1. The summed E-state index contributed by atoms with van der Waals surface area (Å²) in [7, 11) is 0. The zero-order valence-electron chi connectivity index (χ0n) is 38.4. The Morgan fingerprint density at radius 2 is 1.25 bits per heavy atom. The van der Waals surface area contributed by atoms with Crippen LogP contribution in [0.1, 0.15) is 84.5 Å². The minimum absolute atomic E-state index is 0.0986. The molecule has 0 radical (unpaired) electrons. The number of hydrogen-bond acceptors (Lipinski definition) is 11. The number of anilines is 2. The highest BCUT2D eigenvalue weighted by atomic mass is 35.5. The Morgan fingerprint density at radius 3 is 1.74 bits per heavy atom. The lowest BCUT2D eigenvalue weighted by atomic mass is 9.53. The minimum Gasteiger partial charge on any atom is -0.368 e. The Balaban J connectivity index is 0.000000159. The maximum Gasteiger partial charge on any atom is 0.220 e. The normalized spacial score (nSPS) is 30.4. The van der Waals surface area contributed by atoms with Crippen molar-refractivity contribution in [1.29, 1.82) is 0 Å². The zero-order chi connectivity index (χ0) is 44.8. The zero-order valence-corrected chi connectivity index (χ0v) is 39.9. The lowest BCUT2D eigenvalue weighted by molar-refractivity contribution is -0.390. The molecule has 65 heavy (non-hydrogen) atoms. The molecule has 2 aromatic heterocycles. The number of rotatable bonds is 10. The predicted octanol–water partition coefficient (Wildman–Crippen LogP) is 8.67. The molecule has 5 saturated carbocycles. The fraction of sp³-hybridized carbons (Fsp3) is 0.627. The quantitative estimate of drug-likeness (QED) is 0.149. The van der Waals surface area contributed by atoms with Gasteiger partial charge in [-0.2, -0.15) is 9.78 Å². The number of halogens is 2. The molecule has 2 aromatic carbocycles. The number of nitrogens with zero attached hydrogens (tertiary/aromatic N) is 6. The summed E-state index contributed by atoms with van der Waals surface area (Å²) in [5.41, 5.74) is 10.0. The number of benzene rings is 2. The van der Waals surface area contributed by atoms with Crippen molar-refractivity contribution < 1.29 is 19.3 Å². The van der Waals surface area contributed by atoms with E-state index in [1.807, 2.05) is 50.5 Å². The molecule has 14 heteroatoms. The molecule has 5 heterocycles. The Kier molecular flexibility index (Phi) is 13.3. The van der Waals surface area contributed by atoms with Crippen LogP contribution in [0, 0.1) is 29.6 Å². The van der Waals surface area contributed by atoms with Crippen molar-refractivity contribution in [3.63, 3.8) is 0 Å². The molecule has 12 rings (SSSR count). The molecule has 3 aliphatic heterocycles. The third-order valence-electron chi connectivity index (χ3n) is 15.8. The summed E-state index contributed by atoms with van der Waals surface area (Å²) in [5, 5.41) is 6.80. The Morgan fingerprint density at radius 1 is 0.738 bits per heavy atom. The van der Waals surface area contributed by atoms with Gasteiger partial charge in [-0.05, 0) is 145 Å². The van der Waals surface area contributed by atoms with E-state index in [0.29, 0.717) is 30.7 Å². The standard InChI is InChI=1S/C29H32Cl2N6.C22H36N2O4/c30-22-2-4-24-26(20-22)32-8-6-28(24)36-16-12-34(13-17-36)10-1-11-35-14-18-37(19-15-35)29-7-9-33-27-21-23(31)3-5-25(27)29;1-20(2,23)13-24-19(25)12-14-3-5-21(6-4-14)26-22(28-27-21)17-8-15-7-16(10-17)11-18(22)9-15/h2-9,20-21H,1,10-19H2;14-18H,3-13,23H2,1-2H3,(H,24,25). The number of fused-ring (bicyclic) bond motifs is 2. The van der Waals surface area contributed by atoms with Crippen LogP contribution < -0.4 is 20.9 Å². The highest BCUT2D eigenvalue weighted by molar-refractivity contribution is 6.31. The minimum atomic E-state index is -0.582. The molecule has 3 N–H and O–H groups in total. The number of ether oxygens (including phenoxy) is 1. The van der Waals surface area contributed by atoms with Crippen molar-refractivity contribution in [2.75, 3.05) is 81.8 Å². The number of nitrogens with one attached hydrogen (secondary N) is 1. The van der Waals surface area contributed by atoms with E-state index in [1.165, 1.54) is 60.7 Å². The summed E-state index contributed by atoms with van der Waals surface area (Å²) in [6.45, 7) is 15.3. The molecule has 8 aliphatic rings. The summed E-state index contributed by atoms with van der Waals surface area (Å²) < 4.78 is 6.74. The molecular weight excluding hydrogens is 860 g/mol. The third-order valence-corrected chi connectivity index (χ3v) is 16.2. The van der Waals surface area contributed by atoms with E-state index in [-0.39, 0.29) is 11.4 Å². The van der Waals surface area contributed by atoms with Crippen LogP contribution in [0.15, 0.2) is 60.9 Å². The molecule has 5 aliphatic carbocycles. The summed E-state index contributed by atoms with van der Waals surface area (Å²) in [6.07, 6.45) is 15.5. The maximum atomic E-state index is 12.2. The first kappa shape index (κ1) is 45.5. The average molecular weight is 928 g/mol. The lowest BCUT2D eigenvalue weighted by Crippen LogP contribution is -2.59. The van der Waals surface area contributed by atoms with Gasteiger partial charge in [0.25, 0.3) is 0 Å². The van der Waals surface area contributed by atoms with Gasteiger partial charge in [-0.1, -0.05) is 23.2 Å². The van der Waals surface area contributed by atoms with E-state index in [2.05, 4.69) is 59.1 Å². The van der Waals surface area contributed by atoms with Gasteiger partial charge in [0.1, 0.15) is 0 Å². The Labute approximate surface area is 394 Å². The molecular formula is C51H68Cl2N8O4. The smallest absolute Gasteiger partial charge is 0.220 e. The first-order valence-corrected chi connectivity index (χ1v) is 25.3. The highest BCUT2D eigenvalue weighted by Gasteiger charge is 2.66. The van der Waals surface area contributed by atoms with Crippen LogP contribution in [-0.2, 0) is 19.3 Å². The van der Waals surface area contributed by atoms with E-state index < -0.39 is 11.6 Å². The summed E-state index contributed by atoms with van der Waals surface area (Å²) >= 11 is 12.3. The first-order valence-electron chi connectivity index (χ1n) is 24.5. The van der Waals surface area contributed by atoms with Gasteiger partial charge in [-0.25, -0.2) is 0 Å². The van der Waals surface area contributed by atoms with E-state index in [0.717, 1.165) is 124 Å². The molecule has 8 fully saturated rings. The van der Waals surface area contributed by atoms with Crippen LogP contribution in [0.3, 0.4) is 0 Å². The average Bonchev–Trinajstić information content (AvgIpc) is 3.67. The number of hydrogen-bond donors (Lipinski definition) is 2. The van der Waals surface area contributed by atoms with Gasteiger partial charge < -0.3 is 25.6 Å². The monoisotopic (exact) mass is 926 g/mol. The van der Waals surface area contributed by atoms with Gasteiger partial charge in [-0.3, -0.25) is 24.6 Å². The van der Waals surface area contributed by atoms with Crippen LogP contribution in [-0.4, -0.2) is 115 Å². The van der Waals surface area contributed by atoms with Crippen LogP contribution in [0.2, 0.25) is 10.0 Å². The lowest BCUT2D eigenvalue weighted by Gasteiger charge is -2.57. The first-order chi connectivity index (χ1) is 31.4. The second kappa shape index (κ2) is 19.0. The molecule has 350 valence electrons. The van der Waals surface area contributed by atoms with Crippen molar-refractivity contribution in [3.05, 3.63) is 71.0 Å². The van der Waals surface area contributed by atoms with Crippen LogP contribution in [0.25, 0.3) is 21.8 Å². The largest absolute Gasteiger partial charge is 0.368 e. The van der Waals surface area contributed by atoms with Crippen LogP contribution >= 0.6 is 23.2 Å². The Bertz CT molecular complexity index is 2170. The predicted molar refractivity (Wildman–Crippen MR) is 259 cm³/mol. The van der Waals surface area contributed by atoms with Crippen molar-refractivity contribution in [2.24, 2.45) is 35.3 Å². The molecule has 12 nitrogen and oxygen atoms in total. The van der Waals surface area contributed by atoms with Crippen molar-refractivity contribution >= 4 is 62.3 Å². The van der Waals surface area contributed by atoms with Crippen molar-refractivity contribution in [2.45, 2.75) is 102 Å². The van der Waals surface area contributed by atoms with Gasteiger partial charge in [0.2, 0.25) is 17.5 Å². The number of pyridine rings is 2. The molecule has 2 spiro atoms. The molecule has 0 unspecified atom stereocenters. The van der Waals surface area contributed by atoms with Gasteiger partial charge in [-0.15, -0.1) is 0 Å². The number of carbonyl (C=O) groups is 1. The second-order valence-corrected chi connectivity index (χ2v) is 22.0. The van der Waals surface area contributed by atoms with E-state index in [4.69, 9.17) is 43.4 Å². The fourth-order valence-electron chi connectivity index (χ4n) is 12.5. The van der Waals surface area contributed by atoms with Crippen molar-refractivity contribution in [1.82, 2.24) is 25.1 Å². The van der Waals surface area contributed by atoms with Gasteiger partial charge in [0.05, 0.1) is 11.0 Å².